The number of hydrogen-bond acceptors (Lipinski definition) is 8. The number of nitrogens with two attached hydrogens (primary N) is 2. The van der Waals surface area contributed by atoms with Gasteiger partial charge in [-0.3, -0.25) is 14.6 Å². The summed E-state index contributed by atoms with van der Waals surface area (Å²) < 4.78 is 36.0. The highest BCUT2D eigenvalue weighted by Gasteiger charge is 2.39. The lowest BCUT2D eigenvalue weighted by Gasteiger charge is -2.39. The zero-order valence-corrected chi connectivity index (χ0v) is 32.1. The molecule has 0 aliphatic carbocycles. The van der Waals surface area contributed by atoms with Crippen molar-refractivity contribution < 1.29 is 22.7 Å². The summed E-state index contributed by atoms with van der Waals surface area (Å²) in [6.45, 7) is 11.6. The van der Waals surface area contributed by atoms with Gasteiger partial charge in [0.15, 0.2) is 5.96 Å². The Bertz CT molecular complexity index is 1870. The van der Waals surface area contributed by atoms with Crippen LogP contribution in [0.3, 0.4) is 0 Å². The van der Waals surface area contributed by atoms with Gasteiger partial charge in [-0.2, -0.15) is 4.72 Å². The number of aromatic nitrogens is 1. The van der Waals surface area contributed by atoms with Crippen molar-refractivity contribution in [3.63, 3.8) is 0 Å². The second kappa shape index (κ2) is 17.2. The Morgan fingerprint density at radius 1 is 1.08 bits per heavy atom. The number of aliphatic imine (C=N–C) groups is 1. The first-order chi connectivity index (χ1) is 24.1. The van der Waals surface area contributed by atoms with Gasteiger partial charge in [0.05, 0.1) is 11.1 Å². The van der Waals surface area contributed by atoms with Gasteiger partial charge in [0.25, 0.3) is 0 Å². The third kappa shape index (κ3) is 9.80. The summed E-state index contributed by atoms with van der Waals surface area (Å²) in [4.78, 5) is 40.4. The first-order valence-corrected chi connectivity index (χ1v) is 19.2. The van der Waals surface area contributed by atoms with Gasteiger partial charge in [-0.15, -0.1) is 0 Å². The van der Waals surface area contributed by atoms with Crippen LogP contribution in [0, 0.1) is 6.92 Å². The van der Waals surface area contributed by atoms with Crippen LogP contribution < -0.4 is 20.9 Å². The normalized spacial score (nSPS) is 14.9. The molecule has 5 N–H and O–H groups in total. The highest BCUT2D eigenvalue weighted by Crippen LogP contribution is 2.34. The number of piperazine rings is 1. The fourth-order valence-corrected chi connectivity index (χ4v) is 8.18. The van der Waals surface area contributed by atoms with Crippen LogP contribution in [0.2, 0.25) is 10.0 Å². The molecule has 3 aromatic rings. The molecule has 1 saturated heterocycles. The van der Waals surface area contributed by atoms with Crippen LogP contribution in [0.15, 0.2) is 52.4 Å². The first-order valence-electron chi connectivity index (χ1n) is 17.0. The summed E-state index contributed by atoms with van der Waals surface area (Å²) in [5, 5.41) is 0.986. The van der Waals surface area contributed by atoms with Crippen molar-refractivity contribution >= 4 is 61.9 Å². The minimum Gasteiger partial charge on any atom is -0.487 e. The molecule has 1 fully saturated rings. The summed E-state index contributed by atoms with van der Waals surface area (Å²) in [6.07, 6.45) is 1.14. The van der Waals surface area contributed by atoms with Crippen molar-refractivity contribution in [3.05, 3.63) is 63.8 Å². The molecule has 2 aromatic carbocycles. The van der Waals surface area contributed by atoms with Gasteiger partial charge >= 0.3 is 0 Å². The number of benzene rings is 2. The third-order valence-electron chi connectivity index (χ3n) is 8.72. The summed E-state index contributed by atoms with van der Waals surface area (Å²) in [5.74, 6) is 0.333. The molecule has 0 radical (unpaired) electrons. The number of hydrogen-bond donors (Lipinski definition) is 3. The number of guanidine groups is 1. The number of ether oxygens (including phenoxy) is 1. The highest BCUT2D eigenvalue weighted by atomic mass is 35.5. The predicted molar refractivity (Wildman–Crippen MR) is 201 cm³/mol. The number of halogens is 2. The molecule has 13 nitrogen and oxygen atoms in total. The van der Waals surface area contributed by atoms with E-state index < -0.39 is 27.5 Å². The Balaban J connectivity index is 1.36. The van der Waals surface area contributed by atoms with Crippen LogP contribution in [-0.2, 0) is 26.2 Å². The molecular weight excluding hydrogens is 715 g/mol. The Kier molecular flexibility index (Phi) is 13.5. The van der Waals surface area contributed by atoms with Crippen molar-refractivity contribution in [2.24, 2.45) is 16.5 Å². The number of carbonyl (C=O) groups is 2. The quantitative estimate of drug-likeness (QED) is 0.162. The monoisotopic (exact) mass is 762 g/mol. The lowest BCUT2D eigenvalue weighted by Crippen LogP contribution is -2.61. The number of rotatable bonds is 14. The molecule has 0 bridgehead atoms. The molecule has 278 valence electrons. The molecule has 16 heteroatoms. The average molecular weight is 764 g/mol. The Hall–Kier alpha value is -3.69. The number of sulfonamides is 1. The van der Waals surface area contributed by atoms with Gasteiger partial charge in [-0.1, -0.05) is 41.4 Å². The van der Waals surface area contributed by atoms with Crippen LogP contribution in [-0.4, -0.2) is 103 Å². The third-order valence-corrected chi connectivity index (χ3v) is 11.3. The van der Waals surface area contributed by atoms with Gasteiger partial charge in [0.2, 0.25) is 21.8 Å². The van der Waals surface area contributed by atoms with Gasteiger partial charge in [-0.25, -0.2) is 13.4 Å². The molecule has 1 atom stereocenters. The van der Waals surface area contributed by atoms with E-state index in [1.165, 1.54) is 30.9 Å². The number of nitrogens with one attached hydrogen (secondary N) is 1. The summed E-state index contributed by atoms with van der Waals surface area (Å²) in [7, 11) is -4.31. The average Bonchev–Trinajstić information content (AvgIpc) is 3.08. The van der Waals surface area contributed by atoms with Crippen LogP contribution in [0.25, 0.3) is 10.9 Å². The van der Waals surface area contributed by atoms with E-state index in [2.05, 4.69) is 14.7 Å². The molecule has 1 aromatic heterocycles. The lowest BCUT2D eigenvalue weighted by atomic mass is 10.0. The second-order valence-electron chi connectivity index (χ2n) is 12.9. The van der Waals surface area contributed by atoms with Gasteiger partial charge in [0, 0.05) is 67.5 Å². The van der Waals surface area contributed by atoms with Crippen molar-refractivity contribution in [2.75, 3.05) is 45.8 Å². The summed E-state index contributed by atoms with van der Waals surface area (Å²) in [5.41, 5.74) is 12.5. The number of fused-ring (bicyclic) bond motifs is 1. The van der Waals surface area contributed by atoms with Crippen LogP contribution >= 0.6 is 23.2 Å². The predicted octanol–water partition coefficient (Wildman–Crippen LogP) is 3.92. The molecule has 1 aliphatic heterocycles. The fourth-order valence-electron chi connectivity index (χ4n) is 5.92. The van der Waals surface area contributed by atoms with Gasteiger partial charge in [-0.05, 0) is 71.7 Å². The van der Waals surface area contributed by atoms with Gasteiger partial charge < -0.3 is 30.9 Å². The SMILES string of the molecule is CCN=C(N)N(CC)CCC[C@@H](N)C(=O)N1CCN(C(=O)C(C)(C)NS(=O)(=O)c2ccc(Cl)c(COc3cccc4ccc(C)nc34)c2Cl)CC1. The van der Waals surface area contributed by atoms with E-state index in [1.807, 2.05) is 49.9 Å². The molecule has 2 amide bonds. The minimum atomic E-state index is -4.31. The standard InChI is InChI=1S/C35H48Cl2N8O5S/c1-6-40-34(39)43(7-2)17-9-11-27(38)32(46)44-18-20-45(21-19-44)33(47)35(4,5)42-51(48,49)29-16-15-26(36)25(30(29)37)22-50-28-12-8-10-24-14-13-23(3)41-31(24)28/h8,10,12-16,27,42H,6-7,9,11,17-22,38H2,1-5H3,(H2,39,40)/t27-/m1/s1. The molecular formula is C35H48Cl2N8O5S. The highest BCUT2D eigenvalue weighted by molar-refractivity contribution is 7.89. The van der Waals surface area contributed by atoms with E-state index >= 15 is 0 Å². The summed E-state index contributed by atoms with van der Waals surface area (Å²) >= 11 is 13.1. The Morgan fingerprint density at radius 3 is 2.43 bits per heavy atom. The number of nitrogens with zero attached hydrogens (tertiary/aromatic N) is 5. The molecule has 1 aliphatic rings. The molecule has 0 unspecified atom stereocenters. The van der Waals surface area contributed by atoms with E-state index in [0.29, 0.717) is 49.7 Å². The van der Waals surface area contributed by atoms with E-state index in [4.69, 9.17) is 39.4 Å². The zero-order chi connectivity index (χ0) is 37.5. The number of para-hydroxylation sites is 1. The van der Waals surface area contributed by atoms with E-state index in [-0.39, 0.29) is 59.2 Å². The molecule has 2 heterocycles. The largest absolute Gasteiger partial charge is 0.487 e. The van der Waals surface area contributed by atoms with Crippen LogP contribution in [0.5, 0.6) is 5.75 Å². The minimum absolute atomic E-state index is 0.119. The number of aryl methyl sites for hydroxylation is 1. The van der Waals surface area contributed by atoms with Crippen molar-refractivity contribution in [2.45, 2.75) is 70.5 Å². The topological polar surface area (TPSA) is 177 Å². The maximum Gasteiger partial charge on any atom is 0.243 e. The smallest absolute Gasteiger partial charge is 0.243 e. The van der Waals surface area contributed by atoms with E-state index in [1.54, 1.807) is 11.0 Å². The molecule has 51 heavy (non-hydrogen) atoms. The second-order valence-corrected chi connectivity index (χ2v) is 15.4. The maximum absolute atomic E-state index is 13.7. The molecule has 0 spiro atoms. The zero-order valence-electron chi connectivity index (χ0n) is 29.8. The van der Waals surface area contributed by atoms with Gasteiger partial charge in [0.1, 0.15) is 28.3 Å². The number of amides is 2. The van der Waals surface area contributed by atoms with Crippen molar-refractivity contribution in [3.8, 4) is 5.75 Å². The molecule has 4 rings (SSSR count). The Morgan fingerprint density at radius 2 is 1.76 bits per heavy atom. The van der Waals surface area contributed by atoms with E-state index in [9.17, 15) is 18.0 Å². The maximum atomic E-state index is 13.7. The van der Waals surface area contributed by atoms with Crippen molar-refractivity contribution in [1.29, 1.82) is 0 Å². The summed E-state index contributed by atoms with van der Waals surface area (Å²) in [6, 6.07) is 11.4. The number of carbonyl (C=O) groups excluding carboxylic acids is 2. The fraction of sp³-hybridized carbons (Fsp3) is 0.486. The van der Waals surface area contributed by atoms with E-state index in [0.717, 1.165) is 11.1 Å². The lowest BCUT2D eigenvalue weighted by molar-refractivity contribution is -0.143. The van der Waals surface area contributed by atoms with Crippen LogP contribution in [0.1, 0.15) is 51.8 Å². The molecule has 0 saturated carbocycles. The van der Waals surface area contributed by atoms with Crippen LogP contribution in [0.4, 0.5) is 0 Å². The first kappa shape index (κ1) is 40.1. The Labute approximate surface area is 310 Å². The van der Waals surface area contributed by atoms with Crippen molar-refractivity contribution in [1.82, 2.24) is 24.4 Å². The number of pyridine rings is 1.